The second kappa shape index (κ2) is 5.14. The first kappa shape index (κ1) is 12.7. The van der Waals surface area contributed by atoms with E-state index in [1.54, 1.807) is 19.0 Å². The Hall–Kier alpha value is -1.32. The van der Waals surface area contributed by atoms with Crippen LogP contribution in [0.25, 0.3) is 0 Å². The molecule has 0 fully saturated rings. The maximum absolute atomic E-state index is 11.6. The molecule has 4 heteroatoms. The number of carbonyl (C=O) groups is 1. The molecule has 0 saturated heterocycles. The van der Waals surface area contributed by atoms with E-state index in [1.807, 2.05) is 17.7 Å². The van der Waals surface area contributed by atoms with E-state index in [0.29, 0.717) is 12.5 Å². The fraction of sp³-hybridized carbons (Fsp3) is 0.667. The van der Waals surface area contributed by atoms with Crippen LogP contribution in [0.3, 0.4) is 0 Å². The van der Waals surface area contributed by atoms with Gasteiger partial charge < -0.3 is 9.47 Å². The van der Waals surface area contributed by atoms with Gasteiger partial charge >= 0.3 is 0 Å². The van der Waals surface area contributed by atoms with Gasteiger partial charge in [-0.3, -0.25) is 4.79 Å². The third kappa shape index (κ3) is 3.36. The molecule has 4 nitrogen and oxygen atoms in total. The summed E-state index contributed by atoms with van der Waals surface area (Å²) in [5.41, 5.74) is 1.07. The normalized spacial score (nSPS) is 10.9. The molecule has 0 unspecified atom stereocenters. The van der Waals surface area contributed by atoms with Crippen molar-refractivity contribution < 1.29 is 4.79 Å². The largest absolute Gasteiger partial charge is 0.347 e. The highest BCUT2D eigenvalue weighted by molar-refractivity contribution is 5.75. The summed E-state index contributed by atoms with van der Waals surface area (Å²) in [6, 6.07) is 0. The highest BCUT2D eigenvalue weighted by Crippen LogP contribution is 2.08. The number of aromatic nitrogens is 2. The quantitative estimate of drug-likeness (QED) is 0.775. The van der Waals surface area contributed by atoms with Crippen LogP contribution in [-0.2, 0) is 17.8 Å². The summed E-state index contributed by atoms with van der Waals surface area (Å²) in [5, 5.41) is 0. The third-order valence-corrected chi connectivity index (χ3v) is 2.45. The first-order valence-electron chi connectivity index (χ1n) is 5.63. The van der Waals surface area contributed by atoms with E-state index in [2.05, 4.69) is 18.8 Å². The molecule has 0 bridgehead atoms. The van der Waals surface area contributed by atoms with Crippen LogP contribution < -0.4 is 0 Å². The van der Waals surface area contributed by atoms with E-state index >= 15 is 0 Å². The molecule has 0 radical (unpaired) electrons. The Labute approximate surface area is 97.3 Å². The lowest BCUT2D eigenvalue weighted by Gasteiger charge is -2.11. The Morgan fingerprint density at radius 3 is 2.62 bits per heavy atom. The fourth-order valence-corrected chi connectivity index (χ4v) is 1.54. The lowest BCUT2D eigenvalue weighted by Crippen LogP contribution is -2.26. The summed E-state index contributed by atoms with van der Waals surface area (Å²) < 4.78 is 1.92. The van der Waals surface area contributed by atoms with Crippen LogP contribution in [0.15, 0.2) is 6.20 Å². The molecule has 90 valence electrons. The van der Waals surface area contributed by atoms with Crippen LogP contribution in [0, 0.1) is 12.8 Å². The maximum Gasteiger partial charge on any atom is 0.242 e. The number of rotatable bonds is 4. The molecular formula is C12H21N3O. The van der Waals surface area contributed by atoms with Crippen molar-refractivity contribution in [3.63, 3.8) is 0 Å². The minimum absolute atomic E-state index is 0.0941. The van der Waals surface area contributed by atoms with E-state index in [-0.39, 0.29) is 5.91 Å². The molecule has 0 aliphatic heterocycles. The molecule has 0 N–H and O–H groups in total. The van der Waals surface area contributed by atoms with Crippen molar-refractivity contribution >= 4 is 5.91 Å². The van der Waals surface area contributed by atoms with Gasteiger partial charge in [-0.05, 0) is 19.3 Å². The summed E-state index contributed by atoms with van der Waals surface area (Å²) >= 11 is 0. The van der Waals surface area contributed by atoms with Gasteiger partial charge in [-0.15, -0.1) is 0 Å². The minimum atomic E-state index is 0.0941. The van der Waals surface area contributed by atoms with Gasteiger partial charge in [-0.2, -0.15) is 0 Å². The molecule has 0 saturated carbocycles. The third-order valence-electron chi connectivity index (χ3n) is 2.45. The molecule has 1 rings (SSSR count). The summed E-state index contributed by atoms with van der Waals surface area (Å²) in [6.45, 7) is 6.65. The fourth-order valence-electron chi connectivity index (χ4n) is 1.54. The van der Waals surface area contributed by atoms with E-state index in [0.717, 1.165) is 17.9 Å². The van der Waals surface area contributed by atoms with Crippen molar-refractivity contribution in [1.29, 1.82) is 0 Å². The second-order valence-corrected chi connectivity index (χ2v) is 4.79. The average molecular weight is 223 g/mol. The first-order chi connectivity index (χ1) is 7.40. The Bertz CT molecular complexity index is 366. The van der Waals surface area contributed by atoms with Crippen molar-refractivity contribution in [3.05, 3.63) is 17.7 Å². The molecule has 1 heterocycles. The second-order valence-electron chi connectivity index (χ2n) is 4.79. The van der Waals surface area contributed by atoms with Gasteiger partial charge in [0.15, 0.2) is 0 Å². The van der Waals surface area contributed by atoms with Gasteiger partial charge in [0.25, 0.3) is 0 Å². The van der Waals surface area contributed by atoms with Crippen LogP contribution in [0.1, 0.15) is 25.4 Å². The number of hydrogen-bond acceptors (Lipinski definition) is 2. The van der Waals surface area contributed by atoms with Crippen molar-refractivity contribution in [2.75, 3.05) is 14.1 Å². The Balaban J connectivity index is 2.74. The standard InChI is InChI=1S/C12H21N3O/c1-9(2)6-11-7-15(10(3)13-11)8-12(16)14(4)5/h7,9H,6,8H2,1-5H3. The number of carbonyl (C=O) groups excluding carboxylic acids is 1. The number of nitrogens with zero attached hydrogens (tertiary/aromatic N) is 3. The average Bonchev–Trinajstić information content (AvgIpc) is 2.45. The van der Waals surface area contributed by atoms with Crippen LogP contribution >= 0.6 is 0 Å². The Morgan fingerprint density at radius 2 is 2.12 bits per heavy atom. The maximum atomic E-state index is 11.6. The summed E-state index contributed by atoms with van der Waals surface area (Å²) in [4.78, 5) is 17.6. The molecule has 1 aromatic rings. The molecule has 16 heavy (non-hydrogen) atoms. The first-order valence-corrected chi connectivity index (χ1v) is 5.63. The van der Waals surface area contributed by atoms with Gasteiger partial charge in [0, 0.05) is 20.3 Å². The summed E-state index contributed by atoms with van der Waals surface area (Å²) in [5.74, 6) is 1.59. The lowest BCUT2D eigenvalue weighted by atomic mass is 10.1. The molecule has 0 atom stereocenters. The predicted molar refractivity (Wildman–Crippen MR) is 64.2 cm³/mol. The number of hydrogen-bond donors (Lipinski definition) is 0. The van der Waals surface area contributed by atoms with Crippen LogP contribution in [0.5, 0.6) is 0 Å². The molecule has 1 aromatic heterocycles. The molecule has 0 spiro atoms. The van der Waals surface area contributed by atoms with E-state index < -0.39 is 0 Å². The number of likely N-dealkylation sites (N-methyl/N-ethyl adjacent to an activating group) is 1. The van der Waals surface area contributed by atoms with Crippen molar-refractivity contribution in [1.82, 2.24) is 14.5 Å². The van der Waals surface area contributed by atoms with Gasteiger partial charge in [-0.1, -0.05) is 13.8 Å². The van der Waals surface area contributed by atoms with Crippen molar-refractivity contribution in [3.8, 4) is 0 Å². The highest BCUT2D eigenvalue weighted by atomic mass is 16.2. The van der Waals surface area contributed by atoms with Crippen LogP contribution in [-0.4, -0.2) is 34.5 Å². The molecule has 0 aromatic carbocycles. The number of amides is 1. The molecular weight excluding hydrogens is 202 g/mol. The zero-order valence-electron chi connectivity index (χ0n) is 10.8. The van der Waals surface area contributed by atoms with E-state index in [9.17, 15) is 4.79 Å². The lowest BCUT2D eigenvalue weighted by molar-refractivity contribution is -0.129. The zero-order chi connectivity index (χ0) is 12.3. The van der Waals surface area contributed by atoms with E-state index in [4.69, 9.17) is 0 Å². The Morgan fingerprint density at radius 1 is 1.50 bits per heavy atom. The zero-order valence-corrected chi connectivity index (χ0v) is 10.8. The predicted octanol–water partition coefficient (Wildman–Crippen LogP) is 1.48. The molecule has 0 aliphatic carbocycles. The smallest absolute Gasteiger partial charge is 0.242 e. The van der Waals surface area contributed by atoms with Gasteiger partial charge in [0.05, 0.1) is 5.69 Å². The van der Waals surface area contributed by atoms with E-state index in [1.165, 1.54) is 0 Å². The topological polar surface area (TPSA) is 38.1 Å². The van der Waals surface area contributed by atoms with Gasteiger partial charge in [-0.25, -0.2) is 4.98 Å². The highest BCUT2D eigenvalue weighted by Gasteiger charge is 2.10. The van der Waals surface area contributed by atoms with Crippen molar-refractivity contribution in [2.24, 2.45) is 5.92 Å². The van der Waals surface area contributed by atoms with Crippen molar-refractivity contribution in [2.45, 2.75) is 33.7 Å². The Kier molecular flexibility index (Phi) is 4.10. The summed E-state index contributed by atoms with van der Waals surface area (Å²) in [7, 11) is 3.53. The number of imidazole rings is 1. The monoisotopic (exact) mass is 223 g/mol. The van der Waals surface area contributed by atoms with Crippen LogP contribution in [0.2, 0.25) is 0 Å². The molecule has 1 amide bonds. The SMILES string of the molecule is Cc1nc(CC(C)C)cn1CC(=O)N(C)C. The summed E-state index contributed by atoms with van der Waals surface area (Å²) in [6.07, 6.45) is 2.95. The van der Waals surface area contributed by atoms with Gasteiger partial charge in [0.2, 0.25) is 5.91 Å². The van der Waals surface area contributed by atoms with Crippen LogP contribution in [0.4, 0.5) is 0 Å². The number of aryl methyl sites for hydroxylation is 1. The minimum Gasteiger partial charge on any atom is -0.347 e. The molecule has 0 aliphatic rings. The van der Waals surface area contributed by atoms with Gasteiger partial charge in [0.1, 0.15) is 12.4 Å².